The quantitative estimate of drug-likeness (QED) is 0.638. The zero-order chi connectivity index (χ0) is 19.5. The molecule has 6 nitrogen and oxygen atoms in total. The molecule has 2 atom stereocenters. The van der Waals surface area contributed by atoms with Gasteiger partial charge < -0.3 is 14.4 Å². The molecule has 0 saturated carbocycles. The van der Waals surface area contributed by atoms with E-state index in [4.69, 9.17) is 9.15 Å². The molecule has 1 aliphatic rings. The van der Waals surface area contributed by atoms with Gasteiger partial charge in [-0.05, 0) is 55.3 Å². The summed E-state index contributed by atoms with van der Waals surface area (Å²) in [5.41, 5.74) is 2.14. The zero-order valence-corrected chi connectivity index (χ0v) is 15.8. The molecule has 4 rings (SSSR count). The molecule has 2 unspecified atom stereocenters. The second-order valence-electron chi connectivity index (χ2n) is 7.02. The van der Waals surface area contributed by atoms with Crippen LogP contribution >= 0.6 is 0 Å². The molecule has 146 valence electrons. The van der Waals surface area contributed by atoms with Crippen LogP contribution in [0.3, 0.4) is 0 Å². The molecule has 2 heterocycles. The Kier molecular flexibility index (Phi) is 5.45. The van der Waals surface area contributed by atoms with Crippen molar-refractivity contribution in [3.05, 3.63) is 77.2 Å². The van der Waals surface area contributed by atoms with E-state index in [1.54, 1.807) is 25.3 Å². The smallest absolute Gasteiger partial charge is 0.174 e. The van der Waals surface area contributed by atoms with Gasteiger partial charge in [-0.15, -0.1) is 0 Å². The largest absolute Gasteiger partial charge is 0.595 e. The van der Waals surface area contributed by atoms with Gasteiger partial charge >= 0.3 is 0 Å². The van der Waals surface area contributed by atoms with Gasteiger partial charge in [-0.3, -0.25) is 4.90 Å². The molecular weight excluding hydrogens is 356 g/mol. The molecule has 1 aliphatic heterocycles. The molecule has 1 fully saturated rings. The number of benzene rings is 2. The van der Waals surface area contributed by atoms with Crippen molar-refractivity contribution in [2.45, 2.75) is 25.4 Å². The van der Waals surface area contributed by atoms with Gasteiger partial charge in [0.15, 0.2) is 5.69 Å². The van der Waals surface area contributed by atoms with Crippen molar-refractivity contribution in [1.82, 2.24) is 4.90 Å². The van der Waals surface area contributed by atoms with Crippen molar-refractivity contribution in [3.8, 4) is 17.1 Å². The van der Waals surface area contributed by atoms with E-state index < -0.39 is 5.23 Å². The first-order chi connectivity index (χ1) is 13.7. The summed E-state index contributed by atoms with van der Waals surface area (Å²) in [5.74, 6) is 2.30. The van der Waals surface area contributed by atoms with Gasteiger partial charge in [0.25, 0.3) is 0 Å². The number of nitrogens with one attached hydrogen (secondary N) is 1. The molecule has 0 bridgehead atoms. The second-order valence-corrected chi connectivity index (χ2v) is 7.02. The SMILES string of the molecule is COc1ccc(C2CCCN2Cc2ccc(-c3ccccc3[NH+]([O-])O)o2)cc1. The fraction of sp³-hybridized carbons (Fsp3) is 0.273. The maximum atomic E-state index is 11.5. The normalized spacial score (nSPS) is 18.3. The van der Waals surface area contributed by atoms with E-state index >= 15 is 0 Å². The zero-order valence-electron chi connectivity index (χ0n) is 15.8. The number of methoxy groups -OCH3 is 1. The molecule has 2 aromatic carbocycles. The van der Waals surface area contributed by atoms with Crippen molar-refractivity contribution in [3.63, 3.8) is 0 Å². The summed E-state index contributed by atoms with van der Waals surface area (Å²) in [6, 6.07) is 19.3. The lowest BCUT2D eigenvalue weighted by Crippen LogP contribution is -2.99. The summed E-state index contributed by atoms with van der Waals surface area (Å²) >= 11 is 0. The van der Waals surface area contributed by atoms with Crippen molar-refractivity contribution >= 4 is 5.69 Å². The predicted molar refractivity (Wildman–Crippen MR) is 105 cm³/mol. The number of hydrogen-bond acceptors (Lipinski definition) is 5. The average molecular weight is 380 g/mol. The Morgan fingerprint density at radius 2 is 1.93 bits per heavy atom. The molecule has 1 aromatic heterocycles. The van der Waals surface area contributed by atoms with Gasteiger partial charge in [0.05, 0.1) is 19.2 Å². The molecular formula is C22H24N2O4. The maximum absolute atomic E-state index is 11.5. The Balaban J connectivity index is 1.52. The summed E-state index contributed by atoms with van der Waals surface area (Å²) in [6.45, 7) is 1.71. The lowest BCUT2D eigenvalue weighted by molar-refractivity contribution is -0.991. The van der Waals surface area contributed by atoms with E-state index in [1.165, 1.54) is 5.56 Å². The number of para-hydroxylation sites is 1. The molecule has 28 heavy (non-hydrogen) atoms. The molecule has 3 aromatic rings. The van der Waals surface area contributed by atoms with Crippen molar-refractivity contribution in [2.75, 3.05) is 13.7 Å². The van der Waals surface area contributed by atoms with Crippen LogP contribution in [0.4, 0.5) is 5.69 Å². The molecule has 6 heteroatoms. The van der Waals surface area contributed by atoms with Crippen molar-refractivity contribution in [2.24, 2.45) is 0 Å². The minimum absolute atomic E-state index is 0.251. The van der Waals surface area contributed by atoms with Crippen LogP contribution in [0.15, 0.2) is 65.1 Å². The predicted octanol–water partition coefficient (Wildman–Crippen LogP) is 3.70. The van der Waals surface area contributed by atoms with Gasteiger partial charge in [-0.25, -0.2) is 5.21 Å². The third-order valence-corrected chi connectivity index (χ3v) is 5.31. The summed E-state index contributed by atoms with van der Waals surface area (Å²) in [5, 5.41) is 19.9. The van der Waals surface area contributed by atoms with Crippen LogP contribution in [0.5, 0.6) is 5.75 Å². The number of rotatable bonds is 6. The molecule has 2 N–H and O–H groups in total. The third-order valence-electron chi connectivity index (χ3n) is 5.31. The van der Waals surface area contributed by atoms with Gasteiger partial charge in [-0.1, -0.05) is 24.3 Å². The minimum atomic E-state index is -0.951. The van der Waals surface area contributed by atoms with Crippen molar-refractivity contribution in [1.29, 1.82) is 0 Å². The maximum Gasteiger partial charge on any atom is 0.174 e. The van der Waals surface area contributed by atoms with Crippen LogP contribution in [0.1, 0.15) is 30.2 Å². The van der Waals surface area contributed by atoms with Crippen LogP contribution in [0.25, 0.3) is 11.3 Å². The summed E-state index contributed by atoms with van der Waals surface area (Å²) in [7, 11) is 1.67. The van der Waals surface area contributed by atoms with E-state index in [0.29, 0.717) is 23.9 Å². The van der Waals surface area contributed by atoms with Gasteiger partial charge in [0.1, 0.15) is 17.3 Å². The van der Waals surface area contributed by atoms with E-state index in [1.807, 2.05) is 30.3 Å². The molecule has 1 saturated heterocycles. The van der Waals surface area contributed by atoms with Crippen LogP contribution in [-0.2, 0) is 6.54 Å². The number of furan rings is 1. The molecule has 0 spiro atoms. The molecule has 0 aliphatic carbocycles. The van der Waals surface area contributed by atoms with E-state index in [0.717, 1.165) is 30.9 Å². The van der Waals surface area contributed by atoms with Gasteiger partial charge in [-0.2, -0.15) is 5.23 Å². The first-order valence-corrected chi connectivity index (χ1v) is 9.45. The first kappa shape index (κ1) is 18.7. The van der Waals surface area contributed by atoms with Crippen LogP contribution in [-0.4, -0.2) is 23.8 Å². The Morgan fingerprint density at radius 1 is 1.14 bits per heavy atom. The van der Waals surface area contributed by atoms with E-state index in [2.05, 4.69) is 17.0 Å². The summed E-state index contributed by atoms with van der Waals surface area (Å²) < 4.78 is 11.3. The average Bonchev–Trinajstić information content (AvgIpc) is 3.38. The Bertz CT molecular complexity index is 920. The highest BCUT2D eigenvalue weighted by molar-refractivity contribution is 5.69. The van der Waals surface area contributed by atoms with Gasteiger partial charge in [0, 0.05) is 12.1 Å². The Labute approximate surface area is 164 Å². The monoisotopic (exact) mass is 380 g/mol. The minimum Gasteiger partial charge on any atom is -0.595 e. The van der Waals surface area contributed by atoms with E-state index in [-0.39, 0.29) is 5.69 Å². The fourth-order valence-electron chi connectivity index (χ4n) is 3.91. The lowest BCUT2D eigenvalue weighted by Gasteiger charge is -2.24. The standard InChI is InChI=1S/C22H24N2O4/c1-27-17-10-8-16(9-11-17)20-7-4-14-23(20)15-18-12-13-22(28-18)19-5-2-3-6-21(19)24(25)26/h2-3,5-6,8-13,20,24-25H,4,7,14-15H2,1H3. The Morgan fingerprint density at radius 3 is 2.68 bits per heavy atom. The van der Waals surface area contributed by atoms with Gasteiger partial charge in [0.2, 0.25) is 0 Å². The third kappa shape index (κ3) is 3.81. The number of hydrogen-bond donors (Lipinski definition) is 2. The lowest BCUT2D eigenvalue weighted by atomic mass is 10.0. The molecule has 0 amide bonds. The highest BCUT2D eigenvalue weighted by Gasteiger charge is 2.27. The fourth-order valence-corrected chi connectivity index (χ4v) is 3.91. The highest BCUT2D eigenvalue weighted by Crippen LogP contribution is 2.35. The number of nitrogens with zero attached hydrogens (tertiary/aromatic N) is 1. The summed E-state index contributed by atoms with van der Waals surface area (Å²) in [6.07, 6.45) is 2.26. The van der Waals surface area contributed by atoms with E-state index in [9.17, 15) is 10.4 Å². The number of likely N-dealkylation sites (tertiary alicyclic amines) is 1. The first-order valence-electron chi connectivity index (χ1n) is 9.45. The summed E-state index contributed by atoms with van der Waals surface area (Å²) in [4.78, 5) is 2.41. The second kappa shape index (κ2) is 8.16. The number of quaternary nitrogens is 1. The van der Waals surface area contributed by atoms with Crippen LogP contribution in [0, 0.1) is 5.21 Å². The Hall–Kier alpha value is -2.64. The van der Waals surface area contributed by atoms with Crippen molar-refractivity contribution < 1.29 is 19.6 Å². The highest BCUT2D eigenvalue weighted by atomic mass is 16.8. The molecule has 0 radical (unpaired) electrons. The number of ether oxygens (including phenoxy) is 1. The van der Waals surface area contributed by atoms with Crippen LogP contribution in [0.2, 0.25) is 0 Å². The topological polar surface area (TPSA) is 73.3 Å². The van der Waals surface area contributed by atoms with Crippen LogP contribution < -0.4 is 9.96 Å².